The molecule has 0 aromatic heterocycles. The Labute approximate surface area is 171 Å². The monoisotopic (exact) mass is 461 g/mol. The van der Waals surface area contributed by atoms with Gasteiger partial charge in [0.15, 0.2) is 0 Å². The number of hydrogen-bond donors (Lipinski definition) is 0. The molecule has 1 fully saturated rings. The highest BCUT2D eigenvalue weighted by atomic mass is 32.2. The van der Waals surface area contributed by atoms with E-state index in [2.05, 4.69) is 4.74 Å². The fourth-order valence-corrected chi connectivity index (χ4v) is 3.81. The minimum absolute atomic E-state index is 0.0670. The van der Waals surface area contributed by atoms with Crippen molar-refractivity contribution >= 4 is 23.0 Å². The van der Waals surface area contributed by atoms with Crippen molar-refractivity contribution in [3.05, 3.63) is 29.8 Å². The molecule has 0 saturated carbocycles. The standard InChI is InChI=1S/C17H20F6N2O4S/c1-11-4-2-3-5-13(11)25(30(27)28)10-12-6-8-24(9-7-12)15(26)29-14(16(18,19)20)17(21,22)23/h2-5,12,14H,6-10H2,1H3,(H,27,28)/p-1. The molecule has 2 rings (SSSR count). The molecule has 0 N–H and O–H groups in total. The molecule has 1 saturated heterocycles. The van der Waals surface area contributed by atoms with E-state index in [-0.39, 0.29) is 38.4 Å². The number of amides is 1. The molecule has 6 nitrogen and oxygen atoms in total. The third kappa shape index (κ3) is 6.24. The van der Waals surface area contributed by atoms with Crippen molar-refractivity contribution in [2.24, 2.45) is 5.92 Å². The van der Waals surface area contributed by atoms with Crippen molar-refractivity contribution in [1.82, 2.24) is 4.90 Å². The second-order valence-electron chi connectivity index (χ2n) is 6.84. The predicted molar refractivity (Wildman–Crippen MR) is 94.1 cm³/mol. The van der Waals surface area contributed by atoms with Gasteiger partial charge in [0, 0.05) is 30.9 Å². The molecular weight excluding hydrogens is 442 g/mol. The zero-order chi connectivity index (χ0) is 22.7. The summed E-state index contributed by atoms with van der Waals surface area (Å²) in [6, 6.07) is 6.75. The Morgan fingerprint density at radius 1 is 1.20 bits per heavy atom. The van der Waals surface area contributed by atoms with Gasteiger partial charge in [-0.25, -0.2) is 4.79 Å². The van der Waals surface area contributed by atoms with Crippen LogP contribution in [0.15, 0.2) is 24.3 Å². The van der Waals surface area contributed by atoms with Crippen LogP contribution in [0.2, 0.25) is 0 Å². The van der Waals surface area contributed by atoms with Gasteiger partial charge in [0.1, 0.15) is 0 Å². The second kappa shape index (κ2) is 9.41. The van der Waals surface area contributed by atoms with Crippen LogP contribution in [0.1, 0.15) is 18.4 Å². The van der Waals surface area contributed by atoms with Crippen molar-refractivity contribution in [2.45, 2.75) is 38.2 Å². The number of halogens is 6. The Balaban J connectivity index is 1.97. The molecule has 0 aliphatic carbocycles. The van der Waals surface area contributed by atoms with Gasteiger partial charge in [-0.2, -0.15) is 26.3 Å². The summed E-state index contributed by atoms with van der Waals surface area (Å²) in [5.74, 6) is -0.243. The maximum atomic E-state index is 12.5. The summed E-state index contributed by atoms with van der Waals surface area (Å²) in [7, 11) is 0. The first-order chi connectivity index (χ1) is 13.8. The van der Waals surface area contributed by atoms with Crippen LogP contribution in [0.5, 0.6) is 0 Å². The molecule has 1 aromatic rings. The Morgan fingerprint density at radius 2 is 1.73 bits per heavy atom. The minimum Gasteiger partial charge on any atom is -0.755 e. The number of nitrogens with zero attached hydrogens (tertiary/aromatic N) is 2. The van der Waals surface area contributed by atoms with Gasteiger partial charge in [0.2, 0.25) is 0 Å². The van der Waals surface area contributed by atoms with Crippen LogP contribution in [-0.2, 0) is 16.0 Å². The number of piperidine rings is 1. The first kappa shape index (κ1) is 24.3. The van der Waals surface area contributed by atoms with E-state index in [9.17, 15) is 39.9 Å². The minimum atomic E-state index is -5.78. The molecule has 13 heteroatoms. The summed E-state index contributed by atoms with van der Waals surface area (Å²) in [5.41, 5.74) is 1.18. The summed E-state index contributed by atoms with van der Waals surface area (Å²) in [5, 5.41) is 0. The quantitative estimate of drug-likeness (QED) is 0.492. The number of likely N-dealkylation sites (tertiary alicyclic amines) is 1. The number of carbonyl (C=O) groups is 1. The summed E-state index contributed by atoms with van der Waals surface area (Å²) < 4.78 is 103. The molecule has 1 aliphatic heterocycles. The van der Waals surface area contributed by atoms with Crippen molar-refractivity contribution < 1.29 is 44.6 Å². The Kier molecular flexibility index (Phi) is 7.61. The highest BCUT2D eigenvalue weighted by molar-refractivity contribution is 7.80. The fourth-order valence-electron chi connectivity index (χ4n) is 3.11. The second-order valence-corrected chi connectivity index (χ2v) is 7.72. The molecule has 1 aromatic carbocycles. The lowest BCUT2D eigenvalue weighted by atomic mass is 9.97. The fraction of sp³-hybridized carbons (Fsp3) is 0.588. The Morgan fingerprint density at radius 3 is 2.20 bits per heavy atom. The van der Waals surface area contributed by atoms with E-state index < -0.39 is 35.8 Å². The van der Waals surface area contributed by atoms with Gasteiger partial charge in [-0.05, 0) is 37.3 Å². The summed E-state index contributed by atoms with van der Waals surface area (Å²) >= 11 is -2.58. The molecule has 1 aliphatic rings. The lowest BCUT2D eigenvalue weighted by molar-refractivity contribution is -0.308. The molecule has 0 bridgehead atoms. The number of benzene rings is 1. The van der Waals surface area contributed by atoms with E-state index >= 15 is 0 Å². The SMILES string of the molecule is Cc1ccccc1N(CC1CCN(C(=O)OC(C(F)(F)F)C(F)(F)F)CC1)S(=O)[O-]. The average Bonchev–Trinajstić information content (AvgIpc) is 2.63. The molecule has 1 amide bonds. The van der Waals surface area contributed by atoms with E-state index in [4.69, 9.17) is 0 Å². The zero-order valence-electron chi connectivity index (χ0n) is 15.7. The Bertz CT molecular complexity index is 751. The number of alkyl halides is 6. The van der Waals surface area contributed by atoms with E-state index in [1.54, 1.807) is 31.2 Å². The molecule has 1 unspecified atom stereocenters. The maximum Gasteiger partial charge on any atom is 0.434 e. The molecule has 0 spiro atoms. The third-order valence-electron chi connectivity index (χ3n) is 4.67. The summed E-state index contributed by atoms with van der Waals surface area (Å²) in [4.78, 5) is 12.6. The number of carbonyl (C=O) groups excluding carboxylic acids is 1. The van der Waals surface area contributed by atoms with Crippen molar-refractivity contribution in [3.8, 4) is 0 Å². The van der Waals surface area contributed by atoms with Crippen LogP contribution in [0.3, 0.4) is 0 Å². The lowest BCUT2D eigenvalue weighted by Gasteiger charge is -2.36. The maximum absolute atomic E-state index is 12.5. The first-order valence-corrected chi connectivity index (χ1v) is 9.85. The average molecular weight is 461 g/mol. The van der Waals surface area contributed by atoms with Gasteiger partial charge in [0.25, 0.3) is 6.10 Å². The number of aryl methyl sites for hydroxylation is 1. The number of para-hydroxylation sites is 1. The number of hydrogen-bond acceptors (Lipinski definition) is 4. The van der Waals surface area contributed by atoms with Crippen LogP contribution >= 0.6 is 0 Å². The van der Waals surface area contributed by atoms with Crippen LogP contribution in [0.4, 0.5) is 36.8 Å². The van der Waals surface area contributed by atoms with E-state index in [0.29, 0.717) is 11.3 Å². The molecule has 0 radical (unpaired) electrons. The van der Waals surface area contributed by atoms with Gasteiger partial charge in [-0.1, -0.05) is 18.2 Å². The molecule has 30 heavy (non-hydrogen) atoms. The van der Waals surface area contributed by atoms with Crippen molar-refractivity contribution in [2.75, 3.05) is 23.9 Å². The van der Waals surface area contributed by atoms with Crippen LogP contribution in [0, 0.1) is 12.8 Å². The number of ether oxygens (including phenoxy) is 1. The van der Waals surface area contributed by atoms with Crippen molar-refractivity contribution in [1.29, 1.82) is 0 Å². The van der Waals surface area contributed by atoms with Crippen LogP contribution in [0.25, 0.3) is 0 Å². The topological polar surface area (TPSA) is 72.9 Å². The van der Waals surface area contributed by atoms with E-state index in [1.165, 1.54) is 0 Å². The number of anilines is 1. The highest BCUT2D eigenvalue weighted by Crippen LogP contribution is 2.36. The van der Waals surface area contributed by atoms with Crippen LogP contribution < -0.4 is 4.31 Å². The van der Waals surface area contributed by atoms with E-state index in [0.717, 1.165) is 9.21 Å². The van der Waals surface area contributed by atoms with E-state index in [1.807, 2.05) is 0 Å². The van der Waals surface area contributed by atoms with Gasteiger partial charge in [-0.3, -0.25) is 4.21 Å². The van der Waals surface area contributed by atoms with Gasteiger partial charge in [0.05, 0.1) is 5.69 Å². The highest BCUT2D eigenvalue weighted by Gasteiger charge is 2.60. The van der Waals surface area contributed by atoms with Crippen LogP contribution in [-0.4, -0.2) is 57.8 Å². The Hall–Kier alpha value is -2.02. The molecule has 1 heterocycles. The predicted octanol–water partition coefficient (Wildman–Crippen LogP) is 3.94. The van der Waals surface area contributed by atoms with Gasteiger partial charge < -0.3 is 18.5 Å². The zero-order valence-corrected chi connectivity index (χ0v) is 16.5. The largest absolute Gasteiger partial charge is 0.755 e. The van der Waals surface area contributed by atoms with Crippen molar-refractivity contribution in [3.63, 3.8) is 0 Å². The normalized spacial score (nSPS) is 17.2. The summed E-state index contributed by atoms with van der Waals surface area (Å²) in [6.07, 6.45) is -17.1. The third-order valence-corrected chi connectivity index (χ3v) is 5.38. The smallest absolute Gasteiger partial charge is 0.434 e. The summed E-state index contributed by atoms with van der Waals surface area (Å²) in [6.45, 7) is 1.49. The van der Waals surface area contributed by atoms with Gasteiger partial charge >= 0.3 is 18.4 Å². The molecule has 1 atom stereocenters. The molecular formula is C17H19F6N2O4S-. The number of rotatable bonds is 5. The lowest BCUT2D eigenvalue weighted by Crippen LogP contribution is -2.49. The molecule has 170 valence electrons. The van der Waals surface area contributed by atoms with Gasteiger partial charge in [-0.15, -0.1) is 0 Å². The first-order valence-electron chi connectivity index (χ1n) is 8.82.